The highest BCUT2D eigenvalue weighted by molar-refractivity contribution is 5.91. The SMILES string of the molecule is CCOC(=O)/C=C\C(=O)OCC1CO1. The van der Waals surface area contributed by atoms with Crippen LogP contribution in [0.3, 0.4) is 0 Å². The smallest absolute Gasteiger partial charge is 0.331 e. The maximum Gasteiger partial charge on any atom is 0.331 e. The molecule has 0 aromatic heterocycles. The predicted molar refractivity (Wildman–Crippen MR) is 46.5 cm³/mol. The topological polar surface area (TPSA) is 65.1 Å². The van der Waals surface area contributed by atoms with Crippen LogP contribution < -0.4 is 0 Å². The van der Waals surface area contributed by atoms with Crippen LogP contribution in [0.15, 0.2) is 12.2 Å². The van der Waals surface area contributed by atoms with Crippen LogP contribution in [-0.4, -0.2) is 37.9 Å². The van der Waals surface area contributed by atoms with Gasteiger partial charge in [0.25, 0.3) is 0 Å². The van der Waals surface area contributed by atoms with Gasteiger partial charge in [0.05, 0.1) is 13.2 Å². The Bertz CT molecular complexity index is 242. The van der Waals surface area contributed by atoms with E-state index in [4.69, 9.17) is 9.47 Å². The number of carbonyl (C=O) groups excluding carboxylic acids is 2. The molecule has 0 bridgehead atoms. The van der Waals surface area contributed by atoms with E-state index in [0.29, 0.717) is 6.61 Å². The van der Waals surface area contributed by atoms with Gasteiger partial charge in [0.1, 0.15) is 12.7 Å². The molecule has 0 saturated carbocycles. The Balaban J connectivity index is 2.13. The minimum absolute atomic E-state index is 0.0370. The van der Waals surface area contributed by atoms with Crippen molar-refractivity contribution in [3.63, 3.8) is 0 Å². The van der Waals surface area contributed by atoms with Crippen LogP contribution >= 0.6 is 0 Å². The fourth-order valence-corrected chi connectivity index (χ4v) is 0.714. The van der Waals surface area contributed by atoms with E-state index in [1.807, 2.05) is 0 Å². The maximum atomic E-state index is 10.9. The van der Waals surface area contributed by atoms with Crippen molar-refractivity contribution in [1.29, 1.82) is 0 Å². The number of rotatable bonds is 5. The summed E-state index contributed by atoms with van der Waals surface area (Å²) in [7, 11) is 0. The Morgan fingerprint density at radius 1 is 1.36 bits per heavy atom. The first kappa shape index (κ1) is 10.7. The third kappa shape index (κ3) is 4.61. The number of esters is 2. The normalized spacial score (nSPS) is 19.4. The molecule has 1 aliphatic rings. The molecule has 0 aromatic rings. The summed E-state index contributed by atoms with van der Waals surface area (Å²) in [6.45, 7) is 2.85. The molecule has 14 heavy (non-hydrogen) atoms. The molecular formula is C9H12O5. The summed E-state index contributed by atoms with van der Waals surface area (Å²) in [5.41, 5.74) is 0. The van der Waals surface area contributed by atoms with Gasteiger partial charge in [-0.25, -0.2) is 9.59 Å². The first-order chi connectivity index (χ1) is 6.72. The Morgan fingerprint density at radius 2 is 1.93 bits per heavy atom. The molecule has 0 aliphatic carbocycles. The lowest BCUT2D eigenvalue weighted by molar-refractivity contribution is -0.140. The molecule has 0 amide bonds. The van der Waals surface area contributed by atoms with Crippen molar-refractivity contribution >= 4 is 11.9 Å². The molecule has 5 nitrogen and oxygen atoms in total. The highest BCUT2D eigenvalue weighted by Gasteiger charge is 2.23. The van der Waals surface area contributed by atoms with Crippen LogP contribution in [0.5, 0.6) is 0 Å². The average molecular weight is 200 g/mol. The van der Waals surface area contributed by atoms with E-state index in [9.17, 15) is 9.59 Å². The summed E-state index contributed by atoms with van der Waals surface area (Å²) < 4.78 is 14.1. The van der Waals surface area contributed by atoms with E-state index in [-0.39, 0.29) is 19.3 Å². The first-order valence-corrected chi connectivity index (χ1v) is 4.35. The minimum Gasteiger partial charge on any atom is -0.463 e. The molecule has 0 radical (unpaired) electrons. The molecule has 1 aliphatic heterocycles. The molecule has 1 fully saturated rings. The van der Waals surface area contributed by atoms with Crippen molar-refractivity contribution in [2.24, 2.45) is 0 Å². The molecule has 0 spiro atoms. The van der Waals surface area contributed by atoms with Gasteiger partial charge in [0.2, 0.25) is 0 Å². The second kappa shape index (κ2) is 5.39. The van der Waals surface area contributed by atoms with Gasteiger partial charge in [-0.05, 0) is 6.92 Å². The molecule has 1 rings (SSSR count). The fourth-order valence-electron chi connectivity index (χ4n) is 0.714. The van der Waals surface area contributed by atoms with E-state index in [1.165, 1.54) is 0 Å². The van der Waals surface area contributed by atoms with Crippen molar-refractivity contribution in [3.8, 4) is 0 Å². The molecule has 1 saturated heterocycles. The summed E-state index contributed by atoms with van der Waals surface area (Å²) in [6, 6.07) is 0. The van der Waals surface area contributed by atoms with Crippen molar-refractivity contribution in [1.82, 2.24) is 0 Å². The van der Waals surface area contributed by atoms with Crippen LogP contribution in [0.1, 0.15) is 6.92 Å². The van der Waals surface area contributed by atoms with Gasteiger partial charge in [0, 0.05) is 12.2 Å². The molecule has 78 valence electrons. The van der Waals surface area contributed by atoms with Gasteiger partial charge in [-0.2, -0.15) is 0 Å². The van der Waals surface area contributed by atoms with E-state index >= 15 is 0 Å². The molecule has 1 unspecified atom stereocenters. The predicted octanol–water partition coefficient (Wildman–Crippen LogP) is 0.0477. The average Bonchev–Trinajstić information content (AvgIpc) is 2.95. The van der Waals surface area contributed by atoms with Crippen LogP contribution in [0, 0.1) is 0 Å². The Hall–Kier alpha value is -1.36. The third-order valence-corrected chi connectivity index (χ3v) is 1.46. The highest BCUT2D eigenvalue weighted by Crippen LogP contribution is 2.08. The number of hydrogen-bond donors (Lipinski definition) is 0. The van der Waals surface area contributed by atoms with Crippen molar-refractivity contribution in [3.05, 3.63) is 12.2 Å². The van der Waals surface area contributed by atoms with Crippen molar-refractivity contribution in [2.75, 3.05) is 19.8 Å². The van der Waals surface area contributed by atoms with E-state index in [0.717, 1.165) is 12.2 Å². The summed E-state index contributed by atoms with van der Waals surface area (Å²) >= 11 is 0. The zero-order valence-corrected chi connectivity index (χ0v) is 7.89. The summed E-state index contributed by atoms with van der Waals surface area (Å²) in [5.74, 6) is -1.11. The van der Waals surface area contributed by atoms with Gasteiger partial charge < -0.3 is 14.2 Å². The van der Waals surface area contributed by atoms with Crippen LogP contribution in [0.25, 0.3) is 0 Å². The zero-order valence-electron chi connectivity index (χ0n) is 7.89. The van der Waals surface area contributed by atoms with E-state index in [1.54, 1.807) is 6.92 Å². The van der Waals surface area contributed by atoms with Crippen LogP contribution in [0.2, 0.25) is 0 Å². The minimum atomic E-state index is -0.562. The van der Waals surface area contributed by atoms with E-state index < -0.39 is 11.9 Å². The second-order valence-corrected chi connectivity index (χ2v) is 2.67. The number of carbonyl (C=O) groups is 2. The molecule has 0 N–H and O–H groups in total. The van der Waals surface area contributed by atoms with Gasteiger partial charge >= 0.3 is 11.9 Å². The summed E-state index contributed by atoms with van der Waals surface area (Å²) in [6.07, 6.45) is 2.12. The van der Waals surface area contributed by atoms with Gasteiger partial charge in [-0.3, -0.25) is 0 Å². The largest absolute Gasteiger partial charge is 0.463 e. The van der Waals surface area contributed by atoms with Gasteiger partial charge in [-0.1, -0.05) is 0 Å². The number of epoxide rings is 1. The molecule has 1 atom stereocenters. The molecule has 0 aromatic carbocycles. The lowest BCUT2D eigenvalue weighted by atomic mass is 10.5. The lowest BCUT2D eigenvalue weighted by Gasteiger charge is -1.97. The molecular weight excluding hydrogens is 188 g/mol. The van der Waals surface area contributed by atoms with Crippen LogP contribution in [-0.2, 0) is 23.8 Å². The Morgan fingerprint density at radius 3 is 2.43 bits per heavy atom. The summed E-state index contributed by atoms with van der Waals surface area (Å²) in [5, 5.41) is 0. The first-order valence-electron chi connectivity index (χ1n) is 4.35. The molecule has 1 heterocycles. The Labute approximate surface area is 81.6 Å². The maximum absolute atomic E-state index is 10.9. The summed E-state index contributed by atoms with van der Waals surface area (Å²) in [4.78, 5) is 21.7. The third-order valence-electron chi connectivity index (χ3n) is 1.46. The lowest BCUT2D eigenvalue weighted by Crippen LogP contribution is -2.08. The Kier molecular flexibility index (Phi) is 4.12. The van der Waals surface area contributed by atoms with Gasteiger partial charge in [-0.15, -0.1) is 0 Å². The zero-order chi connectivity index (χ0) is 10.4. The van der Waals surface area contributed by atoms with E-state index in [2.05, 4.69) is 4.74 Å². The van der Waals surface area contributed by atoms with Crippen molar-refractivity contribution < 1.29 is 23.8 Å². The monoisotopic (exact) mass is 200 g/mol. The molecule has 5 heteroatoms. The fraction of sp³-hybridized carbons (Fsp3) is 0.556. The number of ether oxygens (including phenoxy) is 3. The highest BCUT2D eigenvalue weighted by atomic mass is 16.6. The standard InChI is InChI=1S/C9H12O5/c1-2-12-8(10)3-4-9(11)14-6-7-5-13-7/h3-4,7H,2,5-6H2,1H3/b4-3-. The van der Waals surface area contributed by atoms with Gasteiger partial charge in [0.15, 0.2) is 0 Å². The van der Waals surface area contributed by atoms with Crippen LogP contribution in [0.4, 0.5) is 0 Å². The second-order valence-electron chi connectivity index (χ2n) is 2.67. The quantitative estimate of drug-likeness (QED) is 0.356. The number of hydrogen-bond acceptors (Lipinski definition) is 5. The van der Waals surface area contributed by atoms with Crippen molar-refractivity contribution in [2.45, 2.75) is 13.0 Å².